The van der Waals surface area contributed by atoms with Gasteiger partial charge < -0.3 is 4.74 Å². The molecular formula is C7H8ClNOS. The van der Waals surface area contributed by atoms with Crippen LogP contribution in [-0.2, 0) is 0 Å². The minimum absolute atomic E-state index is 0.496. The smallest absolute Gasteiger partial charge is 0.150 e. The third-order valence-corrected chi connectivity index (χ3v) is 2.20. The molecule has 0 radical (unpaired) electrons. The maximum atomic E-state index is 5.67. The molecule has 60 valence electrons. The normalized spacial score (nSPS) is 9.73. The predicted octanol–water partition coefficient (Wildman–Crippen LogP) is 2.47. The van der Waals surface area contributed by atoms with Crippen molar-refractivity contribution in [1.29, 1.82) is 0 Å². The number of nitrogens with zero attached hydrogens (tertiary/aromatic N) is 1. The van der Waals surface area contributed by atoms with Crippen molar-refractivity contribution in [1.82, 2.24) is 4.98 Å². The van der Waals surface area contributed by atoms with Gasteiger partial charge in [-0.25, -0.2) is 4.98 Å². The van der Waals surface area contributed by atoms with Crippen LogP contribution in [0.4, 0.5) is 0 Å². The molecule has 1 aromatic rings. The van der Waals surface area contributed by atoms with Gasteiger partial charge in [-0.1, -0.05) is 11.6 Å². The SMILES string of the molecule is COc1cnc(Cl)cc1SC. The number of ether oxygens (including phenoxy) is 1. The Hall–Kier alpha value is -0.410. The van der Waals surface area contributed by atoms with Gasteiger partial charge in [0.15, 0.2) is 5.75 Å². The van der Waals surface area contributed by atoms with E-state index < -0.39 is 0 Å². The van der Waals surface area contributed by atoms with E-state index >= 15 is 0 Å². The van der Waals surface area contributed by atoms with Gasteiger partial charge >= 0.3 is 0 Å². The molecule has 0 saturated heterocycles. The molecule has 4 heteroatoms. The van der Waals surface area contributed by atoms with Crippen molar-refractivity contribution in [2.24, 2.45) is 0 Å². The maximum Gasteiger partial charge on any atom is 0.150 e. The first-order valence-electron chi connectivity index (χ1n) is 3.01. The fourth-order valence-electron chi connectivity index (χ4n) is 0.713. The van der Waals surface area contributed by atoms with Crippen LogP contribution >= 0.6 is 23.4 Å². The number of aromatic nitrogens is 1. The molecule has 0 saturated carbocycles. The number of pyridine rings is 1. The molecule has 1 heterocycles. The molecule has 11 heavy (non-hydrogen) atoms. The van der Waals surface area contributed by atoms with Gasteiger partial charge in [-0.05, 0) is 12.3 Å². The van der Waals surface area contributed by atoms with Crippen molar-refractivity contribution >= 4 is 23.4 Å². The molecule has 0 atom stereocenters. The van der Waals surface area contributed by atoms with Crippen LogP contribution in [0.15, 0.2) is 17.2 Å². The standard InChI is InChI=1S/C7H8ClNOS/c1-10-5-4-9-7(8)3-6(5)11-2/h3-4H,1-2H3. The molecule has 0 aliphatic carbocycles. The number of halogens is 1. The highest BCUT2D eigenvalue weighted by Crippen LogP contribution is 2.28. The topological polar surface area (TPSA) is 22.1 Å². The molecule has 0 aromatic carbocycles. The van der Waals surface area contributed by atoms with Crippen LogP contribution in [0.3, 0.4) is 0 Å². The van der Waals surface area contributed by atoms with E-state index in [1.54, 1.807) is 31.1 Å². The second-order valence-corrected chi connectivity index (χ2v) is 3.10. The Labute approximate surface area is 74.9 Å². The summed E-state index contributed by atoms with van der Waals surface area (Å²) in [4.78, 5) is 4.89. The van der Waals surface area contributed by atoms with Crippen LogP contribution in [0.25, 0.3) is 0 Å². The number of methoxy groups -OCH3 is 1. The van der Waals surface area contributed by atoms with E-state index in [4.69, 9.17) is 16.3 Å². The zero-order chi connectivity index (χ0) is 8.27. The van der Waals surface area contributed by atoms with E-state index in [9.17, 15) is 0 Å². The fourth-order valence-corrected chi connectivity index (χ4v) is 1.50. The van der Waals surface area contributed by atoms with Gasteiger partial charge in [0.25, 0.3) is 0 Å². The molecule has 0 amide bonds. The summed E-state index contributed by atoms with van der Waals surface area (Å²) in [6, 6.07) is 1.78. The Morgan fingerprint density at radius 3 is 2.91 bits per heavy atom. The summed E-state index contributed by atoms with van der Waals surface area (Å²) in [5.41, 5.74) is 0. The van der Waals surface area contributed by atoms with Crippen LogP contribution in [-0.4, -0.2) is 18.3 Å². The highest BCUT2D eigenvalue weighted by molar-refractivity contribution is 7.98. The second-order valence-electron chi connectivity index (χ2n) is 1.86. The third-order valence-electron chi connectivity index (χ3n) is 1.24. The van der Waals surface area contributed by atoms with Crippen molar-refractivity contribution in [3.05, 3.63) is 17.4 Å². The molecule has 1 aromatic heterocycles. The number of thioether (sulfide) groups is 1. The van der Waals surface area contributed by atoms with Crippen molar-refractivity contribution in [3.63, 3.8) is 0 Å². The summed E-state index contributed by atoms with van der Waals surface area (Å²) < 4.78 is 5.05. The summed E-state index contributed by atoms with van der Waals surface area (Å²) in [5.74, 6) is 0.766. The monoisotopic (exact) mass is 189 g/mol. The van der Waals surface area contributed by atoms with E-state index in [2.05, 4.69) is 4.98 Å². The summed E-state index contributed by atoms with van der Waals surface area (Å²) >= 11 is 7.26. The zero-order valence-electron chi connectivity index (χ0n) is 6.30. The van der Waals surface area contributed by atoms with Crippen LogP contribution in [0, 0.1) is 0 Å². The van der Waals surface area contributed by atoms with Gasteiger partial charge in [0.05, 0.1) is 18.2 Å². The number of hydrogen-bond acceptors (Lipinski definition) is 3. The van der Waals surface area contributed by atoms with Crippen molar-refractivity contribution in [3.8, 4) is 5.75 Å². The van der Waals surface area contributed by atoms with Crippen LogP contribution in [0.5, 0.6) is 5.75 Å². The highest BCUT2D eigenvalue weighted by atomic mass is 35.5. The van der Waals surface area contributed by atoms with Crippen molar-refractivity contribution in [2.45, 2.75) is 4.90 Å². The fraction of sp³-hybridized carbons (Fsp3) is 0.286. The summed E-state index contributed by atoms with van der Waals surface area (Å²) in [6.45, 7) is 0. The third kappa shape index (κ3) is 2.01. The first-order valence-corrected chi connectivity index (χ1v) is 4.61. The van der Waals surface area contributed by atoms with E-state index in [0.29, 0.717) is 5.15 Å². The number of rotatable bonds is 2. The Morgan fingerprint density at radius 1 is 1.64 bits per heavy atom. The molecule has 0 aliphatic heterocycles. The lowest BCUT2D eigenvalue weighted by atomic mass is 10.4. The average Bonchev–Trinajstić information content (AvgIpc) is 2.04. The molecule has 1 rings (SSSR count). The first kappa shape index (κ1) is 8.68. The molecule has 0 aliphatic rings. The van der Waals surface area contributed by atoms with Crippen LogP contribution in [0.1, 0.15) is 0 Å². The summed E-state index contributed by atoms with van der Waals surface area (Å²) in [6.07, 6.45) is 3.59. The molecule has 0 N–H and O–H groups in total. The van der Waals surface area contributed by atoms with Crippen molar-refractivity contribution < 1.29 is 4.74 Å². The largest absolute Gasteiger partial charge is 0.494 e. The molecular weight excluding hydrogens is 182 g/mol. The van der Waals surface area contributed by atoms with Gasteiger partial charge in [0.2, 0.25) is 0 Å². The minimum atomic E-state index is 0.496. The lowest BCUT2D eigenvalue weighted by Crippen LogP contribution is -1.87. The minimum Gasteiger partial charge on any atom is -0.494 e. The highest BCUT2D eigenvalue weighted by Gasteiger charge is 2.01. The first-order chi connectivity index (χ1) is 5.27. The lowest BCUT2D eigenvalue weighted by Gasteiger charge is -2.04. The molecule has 0 spiro atoms. The Kier molecular flexibility index (Phi) is 3.02. The van der Waals surface area contributed by atoms with Crippen molar-refractivity contribution in [2.75, 3.05) is 13.4 Å². The van der Waals surface area contributed by atoms with Crippen LogP contribution < -0.4 is 4.74 Å². The van der Waals surface area contributed by atoms with E-state index in [1.165, 1.54) is 0 Å². The lowest BCUT2D eigenvalue weighted by molar-refractivity contribution is 0.403. The average molecular weight is 190 g/mol. The quantitative estimate of drug-likeness (QED) is 0.527. The summed E-state index contributed by atoms with van der Waals surface area (Å²) in [5, 5.41) is 0.496. The van der Waals surface area contributed by atoms with Gasteiger partial charge in [-0.15, -0.1) is 11.8 Å². The Morgan fingerprint density at radius 2 is 2.36 bits per heavy atom. The van der Waals surface area contributed by atoms with Crippen LogP contribution in [0.2, 0.25) is 5.15 Å². The van der Waals surface area contributed by atoms with E-state index in [1.807, 2.05) is 6.26 Å². The van der Waals surface area contributed by atoms with Gasteiger partial charge in [0, 0.05) is 0 Å². The van der Waals surface area contributed by atoms with Gasteiger partial charge in [0.1, 0.15) is 5.15 Å². The van der Waals surface area contributed by atoms with Gasteiger partial charge in [-0.3, -0.25) is 0 Å². The Balaban J connectivity index is 3.06. The van der Waals surface area contributed by atoms with E-state index in [-0.39, 0.29) is 0 Å². The predicted molar refractivity (Wildman–Crippen MR) is 47.6 cm³/mol. The summed E-state index contributed by atoms with van der Waals surface area (Å²) in [7, 11) is 1.62. The number of hydrogen-bond donors (Lipinski definition) is 0. The molecule has 0 fully saturated rings. The zero-order valence-corrected chi connectivity index (χ0v) is 7.87. The van der Waals surface area contributed by atoms with E-state index in [0.717, 1.165) is 10.6 Å². The van der Waals surface area contributed by atoms with Gasteiger partial charge in [-0.2, -0.15) is 0 Å². The molecule has 0 unspecified atom stereocenters. The maximum absolute atomic E-state index is 5.67. The Bertz CT molecular complexity index is 254. The molecule has 0 bridgehead atoms. The second kappa shape index (κ2) is 3.83. The molecule has 2 nitrogen and oxygen atoms in total.